The van der Waals surface area contributed by atoms with E-state index in [9.17, 15) is 4.79 Å². The van der Waals surface area contributed by atoms with Crippen molar-refractivity contribution in [3.05, 3.63) is 24.0 Å². The molecule has 0 radical (unpaired) electrons. The second-order valence-corrected chi connectivity index (χ2v) is 4.91. The Morgan fingerprint density at radius 1 is 1.55 bits per heavy atom. The molecule has 1 atom stereocenters. The number of methoxy groups -OCH3 is 1. The molecular formula is C13H16ClN3O3. The van der Waals surface area contributed by atoms with Crippen LogP contribution in [0, 0.1) is 0 Å². The number of aromatic nitrogens is 2. The SMILES string of the molecule is COc1ccc2nc(C(C)Cl)n(CCOC(N)=O)c2c1. The second-order valence-electron chi connectivity index (χ2n) is 4.26. The summed E-state index contributed by atoms with van der Waals surface area (Å²) in [7, 11) is 1.60. The van der Waals surface area contributed by atoms with Crippen LogP contribution in [0.15, 0.2) is 18.2 Å². The maximum absolute atomic E-state index is 10.6. The fourth-order valence-electron chi connectivity index (χ4n) is 2.02. The van der Waals surface area contributed by atoms with Crippen LogP contribution in [0.4, 0.5) is 4.79 Å². The first kappa shape index (κ1) is 14.5. The van der Waals surface area contributed by atoms with Crippen LogP contribution < -0.4 is 10.5 Å². The summed E-state index contributed by atoms with van der Waals surface area (Å²) in [5, 5.41) is -0.262. The highest BCUT2D eigenvalue weighted by Crippen LogP contribution is 2.27. The number of amides is 1. The van der Waals surface area contributed by atoms with Gasteiger partial charge in [-0.1, -0.05) is 0 Å². The van der Waals surface area contributed by atoms with E-state index in [2.05, 4.69) is 4.98 Å². The maximum Gasteiger partial charge on any atom is 0.404 e. The Labute approximate surface area is 121 Å². The first-order valence-electron chi connectivity index (χ1n) is 6.13. The summed E-state index contributed by atoms with van der Waals surface area (Å²) in [6.45, 7) is 2.43. The van der Waals surface area contributed by atoms with Gasteiger partial charge in [-0.3, -0.25) is 0 Å². The van der Waals surface area contributed by atoms with Gasteiger partial charge >= 0.3 is 6.09 Å². The van der Waals surface area contributed by atoms with Gasteiger partial charge in [0.05, 0.1) is 30.1 Å². The number of nitrogens with two attached hydrogens (primary N) is 1. The third kappa shape index (κ3) is 2.96. The number of carbonyl (C=O) groups is 1. The van der Waals surface area contributed by atoms with E-state index in [1.165, 1.54) is 0 Å². The maximum atomic E-state index is 10.6. The first-order valence-corrected chi connectivity index (χ1v) is 6.57. The lowest BCUT2D eigenvalue weighted by molar-refractivity contribution is 0.152. The summed E-state index contributed by atoms with van der Waals surface area (Å²) in [5.74, 6) is 1.44. The topological polar surface area (TPSA) is 79.4 Å². The molecule has 0 fully saturated rings. The molecule has 2 aromatic rings. The Balaban J connectivity index is 2.40. The zero-order valence-electron chi connectivity index (χ0n) is 11.3. The van der Waals surface area contributed by atoms with Crippen molar-refractivity contribution in [2.45, 2.75) is 18.8 Å². The third-order valence-electron chi connectivity index (χ3n) is 2.90. The van der Waals surface area contributed by atoms with Crippen molar-refractivity contribution in [2.75, 3.05) is 13.7 Å². The van der Waals surface area contributed by atoms with Crippen LogP contribution in [0.2, 0.25) is 0 Å². The summed E-state index contributed by atoms with van der Waals surface area (Å²) in [4.78, 5) is 15.1. The van der Waals surface area contributed by atoms with E-state index >= 15 is 0 Å². The number of fused-ring (bicyclic) bond motifs is 1. The van der Waals surface area contributed by atoms with Crippen molar-refractivity contribution in [2.24, 2.45) is 5.73 Å². The molecule has 0 saturated heterocycles. The van der Waals surface area contributed by atoms with Crippen LogP contribution >= 0.6 is 11.6 Å². The molecule has 0 spiro atoms. The zero-order chi connectivity index (χ0) is 14.7. The normalized spacial score (nSPS) is 12.3. The van der Waals surface area contributed by atoms with Gasteiger partial charge in [0, 0.05) is 6.07 Å². The van der Waals surface area contributed by atoms with Crippen LogP contribution in [0.3, 0.4) is 0 Å². The minimum atomic E-state index is -0.799. The lowest BCUT2D eigenvalue weighted by Gasteiger charge is -2.10. The second kappa shape index (κ2) is 6.00. The van der Waals surface area contributed by atoms with Crippen molar-refractivity contribution in [1.29, 1.82) is 0 Å². The molecule has 108 valence electrons. The first-order chi connectivity index (χ1) is 9.52. The molecule has 0 saturated carbocycles. The largest absolute Gasteiger partial charge is 0.497 e. The lowest BCUT2D eigenvalue weighted by Crippen LogP contribution is -2.17. The fourth-order valence-corrected chi connectivity index (χ4v) is 2.19. The quantitative estimate of drug-likeness (QED) is 0.860. The molecule has 2 N–H and O–H groups in total. The van der Waals surface area contributed by atoms with Gasteiger partial charge in [0.2, 0.25) is 0 Å². The number of primary amides is 1. The van der Waals surface area contributed by atoms with Gasteiger partial charge in [0.15, 0.2) is 0 Å². The van der Waals surface area contributed by atoms with Crippen LogP contribution in [-0.4, -0.2) is 29.4 Å². The molecule has 1 unspecified atom stereocenters. The Morgan fingerprint density at radius 2 is 2.30 bits per heavy atom. The average molecular weight is 298 g/mol. The van der Waals surface area contributed by atoms with Gasteiger partial charge in [-0.25, -0.2) is 9.78 Å². The van der Waals surface area contributed by atoms with Gasteiger partial charge in [-0.2, -0.15) is 0 Å². The van der Waals surface area contributed by atoms with E-state index in [4.69, 9.17) is 26.8 Å². The molecule has 20 heavy (non-hydrogen) atoms. The molecule has 1 aromatic heterocycles. The summed E-state index contributed by atoms with van der Waals surface area (Å²) in [5.41, 5.74) is 6.64. The summed E-state index contributed by atoms with van der Waals surface area (Å²) in [6.07, 6.45) is -0.799. The molecule has 0 aliphatic rings. The van der Waals surface area contributed by atoms with Crippen molar-refractivity contribution < 1.29 is 14.3 Å². The molecule has 1 amide bonds. The van der Waals surface area contributed by atoms with Gasteiger partial charge in [-0.05, 0) is 19.1 Å². The molecule has 0 aliphatic heterocycles. The number of imidazole rings is 1. The summed E-state index contributed by atoms with van der Waals surface area (Å²) < 4.78 is 11.9. The minimum absolute atomic E-state index is 0.161. The number of benzene rings is 1. The van der Waals surface area contributed by atoms with Gasteiger partial charge in [0.25, 0.3) is 0 Å². The predicted molar refractivity (Wildman–Crippen MR) is 76.1 cm³/mol. The molecule has 0 bridgehead atoms. The molecule has 0 aliphatic carbocycles. The molecule has 1 heterocycles. The highest BCUT2D eigenvalue weighted by molar-refractivity contribution is 6.20. The summed E-state index contributed by atoms with van der Waals surface area (Å²) in [6, 6.07) is 5.57. The number of hydrogen-bond donors (Lipinski definition) is 1. The van der Waals surface area contributed by atoms with Crippen molar-refractivity contribution in [1.82, 2.24) is 9.55 Å². The van der Waals surface area contributed by atoms with E-state index in [0.29, 0.717) is 12.4 Å². The van der Waals surface area contributed by atoms with Gasteiger partial charge < -0.3 is 19.8 Å². The lowest BCUT2D eigenvalue weighted by atomic mass is 10.3. The number of carbonyl (C=O) groups excluding carboxylic acids is 1. The Kier molecular flexibility index (Phi) is 4.34. The van der Waals surface area contributed by atoms with Crippen LogP contribution in [-0.2, 0) is 11.3 Å². The van der Waals surface area contributed by atoms with E-state index in [0.717, 1.165) is 16.8 Å². The highest BCUT2D eigenvalue weighted by atomic mass is 35.5. The molecular weight excluding hydrogens is 282 g/mol. The molecule has 2 rings (SSSR count). The van der Waals surface area contributed by atoms with E-state index in [1.54, 1.807) is 7.11 Å². The number of hydrogen-bond acceptors (Lipinski definition) is 4. The van der Waals surface area contributed by atoms with Crippen LogP contribution in [0.1, 0.15) is 18.1 Å². The Bertz CT molecular complexity index is 625. The van der Waals surface area contributed by atoms with Crippen LogP contribution in [0.25, 0.3) is 11.0 Å². The van der Waals surface area contributed by atoms with E-state index in [-0.39, 0.29) is 12.0 Å². The van der Waals surface area contributed by atoms with Crippen molar-refractivity contribution in [3.8, 4) is 5.75 Å². The highest BCUT2D eigenvalue weighted by Gasteiger charge is 2.15. The third-order valence-corrected chi connectivity index (χ3v) is 3.10. The van der Waals surface area contributed by atoms with E-state index < -0.39 is 6.09 Å². The minimum Gasteiger partial charge on any atom is -0.497 e. The number of ether oxygens (including phenoxy) is 2. The van der Waals surface area contributed by atoms with Crippen molar-refractivity contribution in [3.63, 3.8) is 0 Å². The average Bonchev–Trinajstić information content (AvgIpc) is 2.76. The number of alkyl halides is 1. The number of halogens is 1. The molecule has 1 aromatic carbocycles. The van der Waals surface area contributed by atoms with Gasteiger partial charge in [-0.15, -0.1) is 11.6 Å². The zero-order valence-corrected chi connectivity index (χ0v) is 12.1. The van der Waals surface area contributed by atoms with Crippen molar-refractivity contribution >= 4 is 28.7 Å². The number of nitrogens with zero attached hydrogens (tertiary/aromatic N) is 2. The molecule has 7 heteroatoms. The molecule has 6 nitrogen and oxygen atoms in total. The van der Waals surface area contributed by atoms with Crippen LogP contribution in [0.5, 0.6) is 5.75 Å². The Hall–Kier alpha value is -1.95. The van der Waals surface area contributed by atoms with Gasteiger partial charge in [0.1, 0.15) is 18.2 Å². The summed E-state index contributed by atoms with van der Waals surface area (Å²) >= 11 is 6.15. The van der Waals surface area contributed by atoms with E-state index in [1.807, 2.05) is 29.7 Å². The number of rotatable bonds is 5. The predicted octanol–water partition coefficient (Wildman–Crippen LogP) is 2.44. The Morgan fingerprint density at radius 3 is 2.90 bits per heavy atom. The monoisotopic (exact) mass is 297 g/mol. The smallest absolute Gasteiger partial charge is 0.404 e. The fraction of sp³-hybridized carbons (Fsp3) is 0.385. The standard InChI is InChI=1S/C13H16ClN3O3/c1-8(14)12-16-10-4-3-9(19-2)7-11(10)17(12)5-6-20-13(15)18/h3-4,7-8H,5-6H2,1-2H3,(H2,15,18).